The molecule has 0 aliphatic rings. The molecule has 0 aliphatic heterocycles. The van der Waals surface area contributed by atoms with Crippen molar-refractivity contribution in [3.8, 4) is 0 Å². The summed E-state index contributed by atoms with van der Waals surface area (Å²) in [5.41, 5.74) is 0.412. The van der Waals surface area contributed by atoms with Gasteiger partial charge in [-0.25, -0.2) is 13.1 Å². The number of hydrogen-bond donors (Lipinski definition) is 1. The number of unbranched alkanes of at least 4 members (excludes halogenated alkanes) is 3. The molecule has 1 aromatic rings. The van der Waals surface area contributed by atoms with Crippen molar-refractivity contribution in [2.75, 3.05) is 18.6 Å². The summed E-state index contributed by atoms with van der Waals surface area (Å²) in [5.74, 6) is 1.02. The average molecular weight is 329 g/mol. The van der Waals surface area contributed by atoms with Crippen LogP contribution in [0.1, 0.15) is 43.0 Å². The van der Waals surface area contributed by atoms with E-state index in [-0.39, 0.29) is 10.7 Å². The molecule has 0 unspecified atom stereocenters. The highest BCUT2D eigenvalue weighted by Gasteiger charge is 2.14. The van der Waals surface area contributed by atoms with Crippen molar-refractivity contribution in [1.29, 1.82) is 0 Å². The molecule has 21 heavy (non-hydrogen) atoms. The molecule has 0 heterocycles. The van der Waals surface area contributed by atoms with Crippen LogP contribution in [0.3, 0.4) is 0 Å². The maximum absolute atomic E-state index is 12.1. The maximum Gasteiger partial charge on any atom is 0.240 e. The minimum absolute atomic E-state index is 0.138. The Morgan fingerprint density at radius 1 is 1.19 bits per heavy atom. The molecule has 0 bridgehead atoms. The monoisotopic (exact) mass is 329 g/mol. The summed E-state index contributed by atoms with van der Waals surface area (Å²) in [6.45, 7) is 1.86. The van der Waals surface area contributed by atoms with E-state index in [4.69, 9.17) is 0 Å². The number of hydrogen-bond acceptors (Lipinski definition) is 4. The number of ketones is 1. The molecule has 0 atom stereocenters. The third-order valence-corrected chi connectivity index (χ3v) is 5.27. The van der Waals surface area contributed by atoms with E-state index < -0.39 is 10.0 Å². The Balaban J connectivity index is 2.46. The predicted octanol–water partition coefficient (Wildman–Crippen LogP) is 3.09. The molecule has 0 saturated carbocycles. The number of carbonyl (C=O) groups is 1. The highest BCUT2D eigenvalue weighted by atomic mass is 32.2. The summed E-state index contributed by atoms with van der Waals surface area (Å²) in [6, 6.07) is 6.14. The van der Waals surface area contributed by atoms with Crippen LogP contribution in [0.15, 0.2) is 29.2 Å². The lowest BCUT2D eigenvalue weighted by Gasteiger charge is -2.07. The van der Waals surface area contributed by atoms with E-state index in [1.54, 1.807) is 12.1 Å². The van der Waals surface area contributed by atoms with Crippen molar-refractivity contribution in [3.63, 3.8) is 0 Å². The van der Waals surface area contributed by atoms with E-state index in [2.05, 4.69) is 11.0 Å². The van der Waals surface area contributed by atoms with Crippen molar-refractivity contribution in [2.24, 2.45) is 0 Å². The molecule has 0 aromatic heterocycles. The van der Waals surface area contributed by atoms with Gasteiger partial charge < -0.3 is 0 Å². The SMILES string of the molecule is CSCCCCCCNS(=O)(=O)c1cccc(C(C)=O)c1. The minimum Gasteiger partial charge on any atom is -0.295 e. The number of nitrogens with one attached hydrogen (secondary N) is 1. The van der Waals surface area contributed by atoms with E-state index >= 15 is 0 Å². The van der Waals surface area contributed by atoms with Crippen molar-refractivity contribution in [3.05, 3.63) is 29.8 Å². The van der Waals surface area contributed by atoms with Crippen molar-refractivity contribution in [2.45, 2.75) is 37.5 Å². The predicted molar refractivity (Wildman–Crippen MR) is 88.5 cm³/mol. The van der Waals surface area contributed by atoms with Gasteiger partial charge >= 0.3 is 0 Å². The summed E-state index contributed by atoms with van der Waals surface area (Å²) in [6.07, 6.45) is 6.25. The smallest absolute Gasteiger partial charge is 0.240 e. The lowest BCUT2D eigenvalue weighted by Crippen LogP contribution is -2.25. The van der Waals surface area contributed by atoms with Crippen LogP contribution in [-0.2, 0) is 10.0 Å². The molecule has 1 N–H and O–H groups in total. The normalized spacial score (nSPS) is 11.5. The van der Waals surface area contributed by atoms with Gasteiger partial charge in [0.2, 0.25) is 10.0 Å². The van der Waals surface area contributed by atoms with E-state index in [1.807, 2.05) is 11.8 Å². The first kappa shape index (κ1) is 18.2. The van der Waals surface area contributed by atoms with Crippen LogP contribution in [0.2, 0.25) is 0 Å². The first-order chi connectivity index (χ1) is 9.97. The van der Waals surface area contributed by atoms with Crippen molar-refractivity contribution < 1.29 is 13.2 Å². The molecular weight excluding hydrogens is 306 g/mol. The fraction of sp³-hybridized carbons (Fsp3) is 0.533. The zero-order valence-electron chi connectivity index (χ0n) is 12.6. The molecule has 6 heteroatoms. The van der Waals surface area contributed by atoms with E-state index in [1.165, 1.54) is 25.5 Å². The van der Waals surface area contributed by atoms with Gasteiger partial charge in [0.05, 0.1) is 4.90 Å². The van der Waals surface area contributed by atoms with Crippen LogP contribution in [0.4, 0.5) is 0 Å². The zero-order valence-corrected chi connectivity index (χ0v) is 14.2. The van der Waals surface area contributed by atoms with Crippen LogP contribution in [-0.4, -0.2) is 32.8 Å². The van der Waals surface area contributed by atoms with E-state index in [0.29, 0.717) is 12.1 Å². The van der Waals surface area contributed by atoms with Gasteiger partial charge in [-0.1, -0.05) is 25.0 Å². The lowest BCUT2D eigenvalue weighted by atomic mass is 10.2. The summed E-state index contributed by atoms with van der Waals surface area (Å²) < 4.78 is 26.8. The van der Waals surface area contributed by atoms with Gasteiger partial charge in [-0.3, -0.25) is 4.79 Å². The Bertz CT molecular complexity index is 556. The van der Waals surface area contributed by atoms with Crippen molar-refractivity contribution in [1.82, 2.24) is 4.72 Å². The Hall–Kier alpha value is -0.850. The van der Waals surface area contributed by atoms with Gasteiger partial charge in [0.25, 0.3) is 0 Å². The van der Waals surface area contributed by atoms with E-state index in [9.17, 15) is 13.2 Å². The Morgan fingerprint density at radius 3 is 2.57 bits per heavy atom. The summed E-state index contributed by atoms with van der Waals surface area (Å²) in [4.78, 5) is 11.4. The average Bonchev–Trinajstić information content (AvgIpc) is 2.46. The second-order valence-corrected chi connectivity index (χ2v) is 7.64. The molecular formula is C15H23NO3S2. The minimum atomic E-state index is -3.52. The van der Waals surface area contributed by atoms with Crippen LogP contribution < -0.4 is 4.72 Å². The Labute approximate surface area is 131 Å². The molecule has 1 rings (SSSR count). The van der Waals surface area contributed by atoms with Gasteiger partial charge in [0.1, 0.15) is 0 Å². The van der Waals surface area contributed by atoms with E-state index in [0.717, 1.165) is 25.0 Å². The Kier molecular flexibility index (Phi) is 8.00. The van der Waals surface area contributed by atoms with Gasteiger partial charge in [0.15, 0.2) is 5.78 Å². The number of carbonyl (C=O) groups excluding carboxylic acids is 1. The van der Waals surface area contributed by atoms with Gasteiger partial charge in [-0.2, -0.15) is 11.8 Å². The third kappa shape index (κ3) is 6.63. The molecule has 0 spiro atoms. The Morgan fingerprint density at radius 2 is 1.90 bits per heavy atom. The molecule has 0 amide bonds. The second kappa shape index (κ2) is 9.23. The number of sulfonamides is 1. The lowest BCUT2D eigenvalue weighted by molar-refractivity contribution is 0.101. The van der Waals surface area contributed by atoms with Gasteiger partial charge in [-0.05, 0) is 43.9 Å². The highest BCUT2D eigenvalue weighted by molar-refractivity contribution is 7.98. The van der Waals surface area contributed by atoms with Crippen LogP contribution in [0.25, 0.3) is 0 Å². The first-order valence-corrected chi connectivity index (χ1v) is 9.94. The molecule has 4 nitrogen and oxygen atoms in total. The zero-order chi connectivity index (χ0) is 15.7. The van der Waals surface area contributed by atoms with Gasteiger partial charge in [0, 0.05) is 12.1 Å². The van der Waals surface area contributed by atoms with Crippen LogP contribution in [0.5, 0.6) is 0 Å². The molecule has 1 aromatic carbocycles. The third-order valence-electron chi connectivity index (χ3n) is 3.12. The largest absolute Gasteiger partial charge is 0.295 e. The quantitative estimate of drug-likeness (QED) is 0.529. The second-order valence-electron chi connectivity index (χ2n) is 4.89. The fourth-order valence-corrected chi connectivity index (χ4v) is 3.51. The summed E-state index contributed by atoms with van der Waals surface area (Å²) >= 11 is 1.83. The molecule has 0 radical (unpaired) electrons. The number of rotatable bonds is 10. The molecule has 0 aliphatic carbocycles. The number of Topliss-reactive ketones (excluding diaryl/α,β-unsaturated/α-hetero) is 1. The molecule has 0 saturated heterocycles. The molecule has 118 valence electrons. The van der Waals surface area contributed by atoms with Crippen LogP contribution >= 0.6 is 11.8 Å². The van der Waals surface area contributed by atoms with Crippen LogP contribution in [0, 0.1) is 0 Å². The topological polar surface area (TPSA) is 63.2 Å². The van der Waals surface area contributed by atoms with Crippen molar-refractivity contribution >= 4 is 27.6 Å². The number of benzene rings is 1. The maximum atomic E-state index is 12.1. The fourth-order valence-electron chi connectivity index (χ4n) is 1.90. The van der Waals surface area contributed by atoms with Gasteiger partial charge in [-0.15, -0.1) is 0 Å². The summed E-state index contributed by atoms with van der Waals surface area (Å²) in [7, 11) is -3.52. The molecule has 0 fully saturated rings. The highest BCUT2D eigenvalue weighted by Crippen LogP contribution is 2.12. The number of thioether (sulfide) groups is 1. The standard InChI is InChI=1S/C15H23NO3S2/c1-13(17)14-8-7-9-15(12-14)21(18,19)16-10-5-3-4-6-11-20-2/h7-9,12,16H,3-6,10-11H2,1-2H3. The summed E-state index contributed by atoms with van der Waals surface area (Å²) in [5, 5.41) is 0. The first-order valence-electron chi connectivity index (χ1n) is 7.07.